The van der Waals surface area contributed by atoms with Crippen LogP contribution in [-0.4, -0.2) is 23.2 Å². The van der Waals surface area contributed by atoms with Crippen LogP contribution in [0.5, 0.6) is 0 Å². The third-order valence-corrected chi connectivity index (χ3v) is 4.08. The van der Waals surface area contributed by atoms with E-state index in [0.717, 1.165) is 31.7 Å². The van der Waals surface area contributed by atoms with Gasteiger partial charge in [-0.05, 0) is 25.7 Å². The Bertz CT molecular complexity index is 478. The summed E-state index contributed by atoms with van der Waals surface area (Å²) in [6.45, 7) is 4.79. The van der Waals surface area contributed by atoms with Gasteiger partial charge in [0.15, 0.2) is 23.3 Å². The van der Waals surface area contributed by atoms with E-state index in [2.05, 4.69) is 24.1 Å². The van der Waals surface area contributed by atoms with Crippen molar-refractivity contribution in [2.45, 2.75) is 51.2 Å². The standard InChI is InChI=1S/C14H21F2N3O/c1-3-14(4-2)8-9(5-6-20-14)18-13-11(16)7-10(15)12(17)19-13/h7,9H,3-6,8H2,1-2H3,(H3,17,18,19). The highest BCUT2D eigenvalue weighted by Crippen LogP contribution is 2.33. The highest BCUT2D eigenvalue weighted by molar-refractivity contribution is 5.45. The lowest BCUT2D eigenvalue weighted by atomic mass is 9.86. The fraction of sp³-hybridized carbons (Fsp3) is 0.643. The maximum absolute atomic E-state index is 13.7. The summed E-state index contributed by atoms with van der Waals surface area (Å²) in [4.78, 5) is 3.74. The van der Waals surface area contributed by atoms with Crippen LogP contribution < -0.4 is 11.1 Å². The number of nitrogens with zero attached hydrogens (tertiary/aromatic N) is 1. The first kappa shape index (κ1) is 15.0. The molecule has 1 fully saturated rings. The number of nitrogen functional groups attached to an aromatic ring is 1. The third-order valence-electron chi connectivity index (χ3n) is 4.08. The lowest BCUT2D eigenvalue weighted by molar-refractivity contribution is -0.0865. The molecule has 1 aromatic rings. The maximum atomic E-state index is 13.7. The number of halogens is 2. The van der Waals surface area contributed by atoms with Crippen LogP contribution in [0.1, 0.15) is 39.5 Å². The minimum Gasteiger partial charge on any atom is -0.381 e. The van der Waals surface area contributed by atoms with E-state index >= 15 is 0 Å². The molecule has 0 bridgehead atoms. The molecule has 1 aliphatic rings. The number of hydrogen-bond donors (Lipinski definition) is 2. The van der Waals surface area contributed by atoms with Gasteiger partial charge in [0, 0.05) is 18.7 Å². The van der Waals surface area contributed by atoms with Gasteiger partial charge < -0.3 is 15.8 Å². The minimum absolute atomic E-state index is 0.0110. The van der Waals surface area contributed by atoms with E-state index in [1.54, 1.807) is 0 Å². The molecule has 1 unspecified atom stereocenters. The molecule has 1 aromatic heterocycles. The summed E-state index contributed by atoms with van der Waals surface area (Å²) in [5.74, 6) is -1.84. The SMILES string of the molecule is CCC1(CC)CC(Nc2nc(N)c(F)cc2F)CCO1. The number of anilines is 2. The van der Waals surface area contributed by atoms with Crippen LogP contribution in [0.4, 0.5) is 20.4 Å². The third kappa shape index (κ3) is 3.00. The molecule has 0 aliphatic carbocycles. The Hall–Kier alpha value is -1.43. The van der Waals surface area contributed by atoms with Gasteiger partial charge in [0.1, 0.15) is 0 Å². The zero-order valence-corrected chi connectivity index (χ0v) is 11.9. The van der Waals surface area contributed by atoms with Crippen molar-refractivity contribution >= 4 is 11.6 Å². The smallest absolute Gasteiger partial charge is 0.168 e. The summed E-state index contributed by atoms with van der Waals surface area (Å²) >= 11 is 0. The largest absolute Gasteiger partial charge is 0.381 e. The molecule has 0 saturated carbocycles. The Labute approximate surface area is 117 Å². The van der Waals surface area contributed by atoms with Crippen molar-refractivity contribution in [2.24, 2.45) is 0 Å². The monoisotopic (exact) mass is 285 g/mol. The number of ether oxygens (including phenoxy) is 1. The zero-order chi connectivity index (χ0) is 14.8. The predicted molar refractivity (Wildman–Crippen MR) is 74.5 cm³/mol. The summed E-state index contributed by atoms with van der Waals surface area (Å²) in [6, 6.07) is 0.812. The van der Waals surface area contributed by atoms with Crippen LogP contribution in [0.2, 0.25) is 0 Å². The van der Waals surface area contributed by atoms with Gasteiger partial charge in [-0.3, -0.25) is 0 Å². The number of pyridine rings is 1. The molecule has 2 heterocycles. The lowest BCUT2D eigenvalue weighted by Crippen LogP contribution is -2.43. The van der Waals surface area contributed by atoms with Crippen molar-refractivity contribution in [3.63, 3.8) is 0 Å². The maximum Gasteiger partial charge on any atom is 0.168 e. The molecule has 3 N–H and O–H groups in total. The highest BCUT2D eigenvalue weighted by atomic mass is 19.1. The summed E-state index contributed by atoms with van der Waals surface area (Å²) in [7, 11) is 0. The van der Waals surface area contributed by atoms with Gasteiger partial charge in [0.05, 0.1) is 5.60 Å². The molecular weight excluding hydrogens is 264 g/mol. The van der Waals surface area contributed by atoms with Crippen molar-refractivity contribution in [1.82, 2.24) is 4.98 Å². The number of nitrogens with two attached hydrogens (primary N) is 1. The van der Waals surface area contributed by atoms with Crippen molar-refractivity contribution < 1.29 is 13.5 Å². The zero-order valence-electron chi connectivity index (χ0n) is 11.9. The van der Waals surface area contributed by atoms with Crippen LogP contribution in [0.25, 0.3) is 0 Å². The molecule has 0 spiro atoms. The van der Waals surface area contributed by atoms with E-state index in [1.807, 2.05) is 0 Å². The van der Waals surface area contributed by atoms with Gasteiger partial charge in [-0.25, -0.2) is 13.8 Å². The van der Waals surface area contributed by atoms with E-state index in [1.165, 1.54) is 0 Å². The van der Waals surface area contributed by atoms with Gasteiger partial charge in [-0.15, -0.1) is 0 Å². The molecule has 20 heavy (non-hydrogen) atoms. The quantitative estimate of drug-likeness (QED) is 0.892. The summed E-state index contributed by atoms with van der Waals surface area (Å²) in [5.41, 5.74) is 5.21. The van der Waals surface area contributed by atoms with E-state index in [0.29, 0.717) is 6.61 Å². The molecule has 2 rings (SSSR count). The van der Waals surface area contributed by atoms with Crippen molar-refractivity contribution in [2.75, 3.05) is 17.7 Å². The van der Waals surface area contributed by atoms with E-state index in [9.17, 15) is 8.78 Å². The summed E-state index contributed by atoms with van der Waals surface area (Å²) in [6.07, 6.45) is 3.35. The van der Waals surface area contributed by atoms with E-state index in [4.69, 9.17) is 10.5 Å². The first-order valence-electron chi connectivity index (χ1n) is 7.01. The molecule has 0 aromatic carbocycles. The number of hydrogen-bond acceptors (Lipinski definition) is 4. The van der Waals surface area contributed by atoms with E-state index in [-0.39, 0.29) is 23.3 Å². The van der Waals surface area contributed by atoms with Gasteiger partial charge in [-0.2, -0.15) is 0 Å². The first-order chi connectivity index (χ1) is 9.49. The fourth-order valence-electron chi connectivity index (χ4n) is 2.67. The van der Waals surface area contributed by atoms with Gasteiger partial charge in [0.25, 0.3) is 0 Å². The second-order valence-electron chi connectivity index (χ2n) is 5.26. The van der Waals surface area contributed by atoms with Crippen LogP contribution in [0.15, 0.2) is 6.07 Å². The second kappa shape index (κ2) is 5.91. The van der Waals surface area contributed by atoms with E-state index < -0.39 is 11.6 Å². The highest BCUT2D eigenvalue weighted by Gasteiger charge is 2.34. The van der Waals surface area contributed by atoms with Crippen LogP contribution in [0.3, 0.4) is 0 Å². The van der Waals surface area contributed by atoms with Crippen LogP contribution in [0, 0.1) is 11.6 Å². The Morgan fingerprint density at radius 2 is 2.10 bits per heavy atom. The lowest BCUT2D eigenvalue weighted by Gasteiger charge is -2.40. The summed E-state index contributed by atoms with van der Waals surface area (Å²) < 4.78 is 32.7. The molecule has 1 saturated heterocycles. The molecule has 112 valence electrons. The normalized spacial score (nSPS) is 21.7. The number of rotatable bonds is 4. The van der Waals surface area contributed by atoms with Crippen molar-refractivity contribution in [1.29, 1.82) is 0 Å². The van der Waals surface area contributed by atoms with Gasteiger partial charge in [-0.1, -0.05) is 13.8 Å². The second-order valence-corrected chi connectivity index (χ2v) is 5.26. The fourth-order valence-corrected chi connectivity index (χ4v) is 2.67. The average molecular weight is 285 g/mol. The molecule has 0 amide bonds. The Morgan fingerprint density at radius 3 is 2.75 bits per heavy atom. The van der Waals surface area contributed by atoms with Gasteiger partial charge in [0.2, 0.25) is 0 Å². The Morgan fingerprint density at radius 1 is 1.40 bits per heavy atom. The predicted octanol–water partition coefficient (Wildman–Crippen LogP) is 3.09. The molecule has 6 heteroatoms. The van der Waals surface area contributed by atoms with Crippen LogP contribution in [-0.2, 0) is 4.74 Å². The molecule has 1 aliphatic heterocycles. The number of aromatic nitrogens is 1. The molecule has 0 radical (unpaired) electrons. The van der Waals surface area contributed by atoms with Crippen LogP contribution >= 0.6 is 0 Å². The minimum atomic E-state index is -0.837. The Balaban J connectivity index is 2.12. The molecule has 1 atom stereocenters. The average Bonchev–Trinajstić information content (AvgIpc) is 2.45. The molecule has 4 nitrogen and oxygen atoms in total. The number of nitrogens with one attached hydrogen (secondary N) is 1. The van der Waals surface area contributed by atoms with Gasteiger partial charge >= 0.3 is 0 Å². The first-order valence-corrected chi connectivity index (χ1v) is 7.01. The molecular formula is C14H21F2N3O. The van der Waals surface area contributed by atoms with Crippen molar-refractivity contribution in [3.8, 4) is 0 Å². The summed E-state index contributed by atoms with van der Waals surface area (Å²) in [5, 5.41) is 3.03. The Kier molecular flexibility index (Phi) is 4.42. The van der Waals surface area contributed by atoms with Crippen molar-refractivity contribution in [3.05, 3.63) is 17.7 Å². The topological polar surface area (TPSA) is 60.2 Å².